The molecule has 0 aliphatic carbocycles. The topological polar surface area (TPSA) is 106 Å². The van der Waals surface area contributed by atoms with Crippen LogP contribution in [0.2, 0.25) is 0 Å². The predicted octanol–water partition coefficient (Wildman–Crippen LogP) is 0.704. The zero-order valence-electron chi connectivity index (χ0n) is 13.4. The highest BCUT2D eigenvalue weighted by atomic mass is 16.8. The normalized spacial score (nSPS) is 12.5. The van der Waals surface area contributed by atoms with Gasteiger partial charge in [0.15, 0.2) is 5.79 Å². The quantitative estimate of drug-likeness (QED) is 0.477. The highest BCUT2D eigenvalue weighted by molar-refractivity contribution is 5.94. The third kappa shape index (κ3) is 7.20. The average Bonchev–Trinajstić information content (AvgIpc) is 2.54. The minimum absolute atomic E-state index is 0.0321. The number of methoxy groups -OCH3 is 1. The average molecular weight is 326 g/mol. The maximum atomic E-state index is 11.8. The Morgan fingerprint density at radius 1 is 1.26 bits per heavy atom. The van der Waals surface area contributed by atoms with Crippen LogP contribution < -0.4 is 10.8 Å². The zero-order chi connectivity index (χ0) is 17.3. The Bertz CT molecular complexity index is 506. The van der Waals surface area contributed by atoms with E-state index in [0.29, 0.717) is 0 Å². The lowest BCUT2D eigenvalue weighted by molar-refractivity contribution is -0.239. The molecule has 0 fully saturated rings. The number of amides is 2. The van der Waals surface area contributed by atoms with E-state index in [2.05, 4.69) is 5.48 Å². The van der Waals surface area contributed by atoms with Gasteiger partial charge in [0.05, 0.1) is 6.61 Å². The molecule has 1 rings (SSSR count). The van der Waals surface area contributed by atoms with Crippen molar-refractivity contribution in [1.29, 1.82) is 0 Å². The third-order valence-corrected chi connectivity index (χ3v) is 2.88. The van der Waals surface area contributed by atoms with Crippen molar-refractivity contribution in [2.75, 3.05) is 13.7 Å². The number of carbonyl (C=O) groups excluding carboxylic acids is 2. The fraction of sp³-hybridized carbons (Fsp3) is 0.467. The lowest BCUT2D eigenvalue weighted by Gasteiger charge is -2.25. The van der Waals surface area contributed by atoms with Gasteiger partial charge in [-0.25, -0.2) is 4.79 Å². The van der Waals surface area contributed by atoms with Crippen molar-refractivity contribution < 1.29 is 29.0 Å². The lowest BCUT2D eigenvalue weighted by atomic mass is 10.2. The first-order valence-electron chi connectivity index (χ1n) is 6.99. The molecular weight excluding hydrogens is 304 g/mol. The van der Waals surface area contributed by atoms with Crippen LogP contribution in [0.15, 0.2) is 30.3 Å². The molecule has 0 spiro atoms. The van der Waals surface area contributed by atoms with E-state index in [0.717, 1.165) is 5.56 Å². The minimum atomic E-state index is -1.14. The van der Waals surface area contributed by atoms with Crippen LogP contribution in [-0.2, 0) is 25.7 Å². The van der Waals surface area contributed by atoms with Crippen molar-refractivity contribution in [2.45, 2.75) is 32.3 Å². The molecule has 0 radical (unpaired) electrons. The Hall–Kier alpha value is -2.00. The highest BCUT2D eigenvalue weighted by Crippen LogP contribution is 2.07. The first-order chi connectivity index (χ1) is 10.9. The van der Waals surface area contributed by atoms with Crippen molar-refractivity contribution in [2.24, 2.45) is 0 Å². The van der Waals surface area contributed by atoms with Crippen molar-refractivity contribution >= 4 is 12.0 Å². The van der Waals surface area contributed by atoms with E-state index in [1.54, 1.807) is 26.0 Å². The molecule has 0 saturated carbocycles. The van der Waals surface area contributed by atoms with Gasteiger partial charge < -0.3 is 14.6 Å². The zero-order valence-corrected chi connectivity index (χ0v) is 13.4. The molecule has 0 aliphatic heterocycles. The van der Waals surface area contributed by atoms with Crippen LogP contribution in [0.25, 0.3) is 0 Å². The van der Waals surface area contributed by atoms with Crippen molar-refractivity contribution in [3.05, 3.63) is 35.9 Å². The summed E-state index contributed by atoms with van der Waals surface area (Å²) < 4.78 is 9.91. The largest absolute Gasteiger partial charge is 0.444 e. The smallest absolute Gasteiger partial charge is 0.414 e. The molecule has 0 aliphatic rings. The number of aliphatic hydroxyl groups is 1. The molecule has 0 unspecified atom stereocenters. The van der Waals surface area contributed by atoms with Crippen LogP contribution in [0.1, 0.15) is 19.4 Å². The number of alkyl carbamates (subject to hydrolysis) is 1. The van der Waals surface area contributed by atoms with E-state index in [1.165, 1.54) is 7.11 Å². The van der Waals surface area contributed by atoms with Crippen LogP contribution in [0, 0.1) is 0 Å². The van der Waals surface area contributed by atoms with Crippen molar-refractivity contribution in [1.82, 2.24) is 10.8 Å². The number of imide groups is 1. The van der Waals surface area contributed by atoms with Gasteiger partial charge >= 0.3 is 6.09 Å². The van der Waals surface area contributed by atoms with Gasteiger partial charge in [-0.3, -0.25) is 14.9 Å². The van der Waals surface area contributed by atoms with E-state index in [1.807, 2.05) is 23.5 Å². The molecular formula is C15H22N2O6. The summed E-state index contributed by atoms with van der Waals surface area (Å²) >= 11 is 0. The number of aliphatic hydroxyl groups excluding tert-OH is 1. The van der Waals surface area contributed by atoms with E-state index in [-0.39, 0.29) is 6.61 Å². The van der Waals surface area contributed by atoms with Crippen LogP contribution in [0.4, 0.5) is 4.79 Å². The molecule has 3 N–H and O–H groups in total. The van der Waals surface area contributed by atoms with Gasteiger partial charge in [0, 0.05) is 7.11 Å². The van der Waals surface area contributed by atoms with Gasteiger partial charge in [-0.05, 0) is 19.4 Å². The second kappa shape index (κ2) is 9.21. The second-order valence-electron chi connectivity index (χ2n) is 5.11. The first-order valence-corrected chi connectivity index (χ1v) is 6.99. The number of benzene rings is 1. The summed E-state index contributed by atoms with van der Waals surface area (Å²) in [6, 6.07) is 7.88. The number of ether oxygens (including phenoxy) is 2. The minimum Gasteiger partial charge on any atom is -0.444 e. The van der Waals surface area contributed by atoms with E-state index < -0.39 is 30.4 Å². The van der Waals surface area contributed by atoms with Crippen LogP contribution >= 0.6 is 0 Å². The summed E-state index contributed by atoms with van der Waals surface area (Å²) in [6.07, 6.45) is -0.912. The molecule has 128 valence electrons. The Balaban J connectivity index is 2.41. The van der Waals surface area contributed by atoms with Gasteiger partial charge in [0.25, 0.3) is 5.91 Å². The molecule has 1 aromatic rings. The third-order valence-electron chi connectivity index (χ3n) is 2.88. The van der Waals surface area contributed by atoms with Gasteiger partial charge in [0.1, 0.15) is 12.6 Å². The summed E-state index contributed by atoms with van der Waals surface area (Å²) in [5, 5.41) is 11.2. The number of hydrogen-bond donors (Lipinski definition) is 3. The maximum Gasteiger partial charge on any atom is 0.414 e. The van der Waals surface area contributed by atoms with E-state index in [9.17, 15) is 14.7 Å². The number of hydrogen-bond acceptors (Lipinski definition) is 7. The maximum absolute atomic E-state index is 11.8. The Labute approximate surface area is 134 Å². The number of hydroxylamine groups is 1. The molecule has 2 amide bonds. The molecule has 8 heteroatoms. The molecule has 1 aromatic carbocycles. The molecule has 0 saturated heterocycles. The number of nitrogens with one attached hydrogen (secondary N) is 2. The molecule has 0 aromatic heterocycles. The Morgan fingerprint density at radius 3 is 2.48 bits per heavy atom. The summed E-state index contributed by atoms with van der Waals surface area (Å²) in [5.74, 6) is -1.78. The molecule has 0 heterocycles. The van der Waals surface area contributed by atoms with Crippen LogP contribution in [-0.4, -0.2) is 42.7 Å². The summed E-state index contributed by atoms with van der Waals surface area (Å²) in [4.78, 5) is 28.5. The lowest BCUT2D eigenvalue weighted by Crippen LogP contribution is -2.51. The van der Waals surface area contributed by atoms with Crippen molar-refractivity contribution in [3.63, 3.8) is 0 Å². The number of rotatable bonds is 8. The monoisotopic (exact) mass is 326 g/mol. The SMILES string of the molecule is COC(C)(C)ON[C@@H](CO)C(=O)NC(=O)OCc1ccccc1. The standard InChI is InChI=1S/C15H22N2O6/c1-15(2,21-3)23-17-12(9-18)13(19)16-14(20)22-10-11-7-5-4-6-8-11/h4-8,12,17-18H,9-10H2,1-3H3,(H,16,19,20)/t12-/m0/s1. The van der Waals surface area contributed by atoms with Crippen LogP contribution in [0.5, 0.6) is 0 Å². The van der Waals surface area contributed by atoms with Gasteiger partial charge in [-0.2, -0.15) is 5.48 Å². The predicted molar refractivity (Wildman–Crippen MR) is 81.0 cm³/mol. The van der Waals surface area contributed by atoms with E-state index in [4.69, 9.17) is 14.3 Å². The van der Waals surface area contributed by atoms with Gasteiger partial charge in [-0.15, -0.1) is 0 Å². The summed E-state index contributed by atoms with van der Waals surface area (Å²) in [5.41, 5.74) is 3.13. The molecule has 1 atom stereocenters. The van der Waals surface area contributed by atoms with Gasteiger partial charge in [-0.1, -0.05) is 30.3 Å². The summed E-state index contributed by atoms with van der Waals surface area (Å²) in [6.45, 7) is 2.68. The number of carbonyl (C=O) groups is 2. The fourth-order valence-corrected chi connectivity index (χ4v) is 1.38. The van der Waals surface area contributed by atoms with Crippen LogP contribution in [0.3, 0.4) is 0 Å². The van der Waals surface area contributed by atoms with Crippen molar-refractivity contribution in [3.8, 4) is 0 Å². The first kappa shape index (κ1) is 19.0. The van der Waals surface area contributed by atoms with Gasteiger partial charge in [0.2, 0.25) is 0 Å². The molecule has 8 nitrogen and oxygen atoms in total. The highest BCUT2D eigenvalue weighted by Gasteiger charge is 2.25. The Morgan fingerprint density at radius 2 is 1.91 bits per heavy atom. The fourth-order valence-electron chi connectivity index (χ4n) is 1.38. The molecule has 23 heavy (non-hydrogen) atoms. The van der Waals surface area contributed by atoms with E-state index >= 15 is 0 Å². The Kier molecular flexibility index (Phi) is 7.63. The summed E-state index contributed by atoms with van der Waals surface area (Å²) in [7, 11) is 1.43. The second-order valence-corrected chi connectivity index (χ2v) is 5.11. The molecule has 0 bridgehead atoms.